The number of aliphatic carboxylic acids is 1. The molecule has 0 radical (unpaired) electrons. The first kappa shape index (κ1) is 29.8. The predicted octanol–water partition coefficient (Wildman–Crippen LogP) is 6.29. The van der Waals surface area contributed by atoms with Gasteiger partial charge in [0.25, 0.3) is 6.47 Å². The van der Waals surface area contributed by atoms with Crippen LogP contribution in [0.1, 0.15) is 118 Å². The number of carboxylic acids is 1. The number of carboxylic acid groups (broad SMARTS) is 1. The van der Waals surface area contributed by atoms with Gasteiger partial charge in [0, 0.05) is 13.0 Å². The number of carbonyl (C=O) groups is 2. The van der Waals surface area contributed by atoms with Gasteiger partial charge in [-0.1, -0.05) is 40.5 Å². The smallest absolute Gasteiger partial charge is 0.307 e. The fourth-order valence-corrected chi connectivity index (χ4v) is 10.0. The molecule has 9 atom stereocenters. The predicted molar refractivity (Wildman–Crippen MR) is 150 cm³/mol. The lowest BCUT2D eigenvalue weighted by molar-refractivity contribution is -0.181. The molecule has 0 heterocycles. The zero-order valence-electron chi connectivity index (χ0n) is 24.6. The Morgan fingerprint density at radius 1 is 0.974 bits per heavy atom. The molecule has 218 valence electrons. The maximum Gasteiger partial charge on any atom is 0.307 e. The summed E-state index contributed by atoms with van der Waals surface area (Å²) in [5.74, 6) is 1.48. The lowest BCUT2D eigenvalue weighted by Gasteiger charge is -2.62. The lowest BCUT2D eigenvalue weighted by Crippen LogP contribution is -2.57. The third-order valence-electron chi connectivity index (χ3n) is 12.1. The molecule has 4 rings (SSSR count). The normalized spacial score (nSPS) is 41.2. The van der Waals surface area contributed by atoms with E-state index < -0.39 is 17.7 Å². The Morgan fingerprint density at radius 3 is 2.29 bits per heavy atom. The Hall–Kier alpha value is -1.14. The van der Waals surface area contributed by atoms with Crippen molar-refractivity contribution in [3.05, 3.63) is 0 Å². The fraction of sp³-hybridized carbons (Fsp3) is 0.938. The number of hydrogen-bond acceptors (Lipinski definition) is 5. The average Bonchev–Trinajstić information content (AvgIpc) is 3.24. The molecule has 0 amide bonds. The summed E-state index contributed by atoms with van der Waals surface area (Å²) < 4.78 is 5.92. The Kier molecular flexibility index (Phi) is 9.55. The number of nitrogens with zero attached hydrogens (tertiary/aromatic N) is 1. The van der Waals surface area contributed by atoms with E-state index in [0.29, 0.717) is 43.1 Å². The molecule has 38 heavy (non-hydrogen) atoms. The van der Waals surface area contributed by atoms with Crippen LogP contribution < -0.4 is 0 Å². The van der Waals surface area contributed by atoms with Crippen LogP contribution in [0.5, 0.6) is 0 Å². The first-order chi connectivity index (χ1) is 18.1. The Morgan fingerprint density at radius 2 is 1.66 bits per heavy atom. The molecule has 0 saturated heterocycles. The van der Waals surface area contributed by atoms with Crippen LogP contribution in [0, 0.1) is 40.4 Å². The van der Waals surface area contributed by atoms with E-state index in [4.69, 9.17) is 4.74 Å². The highest BCUT2D eigenvalue weighted by Gasteiger charge is 2.62. The van der Waals surface area contributed by atoms with Crippen LogP contribution in [0.2, 0.25) is 0 Å². The van der Waals surface area contributed by atoms with E-state index >= 15 is 0 Å². The van der Waals surface area contributed by atoms with Gasteiger partial charge in [0.15, 0.2) is 0 Å². The molecule has 0 aromatic heterocycles. The summed E-state index contributed by atoms with van der Waals surface area (Å²) in [6, 6.07) is 0. The number of rotatable bonds is 13. The number of fused-ring (bicyclic) bond motifs is 5. The van der Waals surface area contributed by atoms with Gasteiger partial charge in [-0.25, -0.2) is 0 Å². The van der Waals surface area contributed by atoms with Crippen LogP contribution in [-0.4, -0.2) is 58.9 Å². The second-order valence-electron chi connectivity index (χ2n) is 14.1. The molecule has 0 bridgehead atoms. The van der Waals surface area contributed by atoms with Gasteiger partial charge >= 0.3 is 5.97 Å². The molecule has 0 aromatic rings. The summed E-state index contributed by atoms with van der Waals surface area (Å²) >= 11 is 0. The Labute approximate surface area is 231 Å². The second-order valence-corrected chi connectivity index (χ2v) is 14.1. The van der Waals surface area contributed by atoms with Crippen LogP contribution in [-0.2, 0) is 14.3 Å². The molecule has 4 aliphatic carbocycles. The largest absolute Gasteiger partial charge is 0.481 e. The van der Waals surface area contributed by atoms with Crippen molar-refractivity contribution in [1.82, 2.24) is 4.90 Å². The molecule has 2 N–H and O–H groups in total. The van der Waals surface area contributed by atoms with Crippen molar-refractivity contribution in [1.29, 1.82) is 0 Å². The number of hydrogen-bond donors (Lipinski definition) is 2. The van der Waals surface area contributed by atoms with Gasteiger partial charge in [0.1, 0.15) is 5.60 Å². The van der Waals surface area contributed by atoms with E-state index in [1.54, 1.807) is 0 Å². The van der Waals surface area contributed by atoms with Gasteiger partial charge < -0.3 is 19.8 Å². The van der Waals surface area contributed by atoms with Crippen LogP contribution in [0.15, 0.2) is 0 Å². The van der Waals surface area contributed by atoms with Gasteiger partial charge in [-0.2, -0.15) is 0 Å². The van der Waals surface area contributed by atoms with Crippen molar-refractivity contribution in [2.24, 2.45) is 40.4 Å². The van der Waals surface area contributed by atoms with E-state index in [0.717, 1.165) is 90.1 Å². The maximum absolute atomic E-state index is 12.0. The van der Waals surface area contributed by atoms with Gasteiger partial charge in [0.05, 0.1) is 12.0 Å². The number of unbranched alkanes of at least 4 members (excludes halogenated alkanes) is 2. The summed E-state index contributed by atoms with van der Waals surface area (Å²) in [6.45, 7) is 12.5. The molecule has 4 unspecified atom stereocenters. The van der Waals surface area contributed by atoms with Crippen molar-refractivity contribution in [3.63, 3.8) is 0 Å². The van der Waals surface area contributed by atoms with Crippen LogP contribution in [0.4, 0.5) is 0 Å². The van der Waals surface area contributed by atoms with E-state index in [1.165, 1.54) is 6.42 Å². The van der Waals surface area contributed by atoms with Crippen LogP contribution >= 0.6 is 0 Å². The lowest BCUT2D eigenvalue weighted by atomic mass is 9.43. The molecule has 0 spiro atoms. The van der Waals surface area contributed by atoms with Gasteiger partial charge in [-0.3, -0.25) is 9.59 Å². The van der Waals surface area contributed by atoms with Gasteiger partial charge in [-0.05, 0) is 118 Å². The van der Waals surface area contributed by atoms with E-state index in [1.807, 2.05) is 0 Å². The fourth-order valence-electron chi connectivity index (χ4n) is 10.0. The maximum atomic E-state index is 12.0. The Bertz CT molecular complexity index is 812. The summed E-state index contributed by atoms with van der Waals surface area (Å²) in [7, 11) is 0. The molecule has 4 fully saturated rings. The third-order valence-corrected chi connectivity index (χ3v) is 12.1. The first-order valence-corrected chi connectivity index (χ1v) is 15.9. The SMILES string of the molecule is CCCCN(CCCC)CC(O)CC1(OC=O)CC[C@@]2(C)C(CC[C@@H]3[C@@H]2CC[C@]2(C)C(C(=O)O)CC[C@@H]32)C1. The minimum Gasteiger partial charge on any atom is -0.481 e. The van der Waals surface area contributed by atoms with Crippen molar-refractivity contribution >= 4 is 12.4 Å². The molecular formula is C32H55NO5. The number of aliphatic hydroxyl groups excluding tert-OH is 1. The second kappa shape index (κ2) is 12.2. The zero-order chi connectivity index (χ0) is 27.6. The molecule has 6 nitrogen and oxygen atoms in total. The van der Waals surface area contributed by atoms with E-state index in [9.17, 15) is 19.8 Å². The van der Waals surface area contributed by atoms with E-state index in [-0.39, 0.29) is 16.7 Å². The number of aliphatic hydroxyl groups is 1. The summed E-state index contributed by atoms with van der Waals surface area (Å²) in [6.07, 6.45) is 13.7. The minimum absolute atomic E-state index is 0.0548. The van der Waals surface area contributed by atoms with Crippen molar-refractivity contribution in [3.8, 4) is 0 Å². The van der Waals surface area contributed by atoms with Gasteiger partial charge in [0.2, 0.25) is 0 Å². The van der Waals surface area contributed by atoms with Gasteiger partial charge in [-0.15, -0.1) is 0 Å². The zero-order valence-corrected chi connectivity index (χ0v) is 24.6. The van der Waals surface area contributed by atoms with Crippen molar-refractivity contribution in [2.75, 3.05) is 19.6 Å². The molecular weight excluding hydrogens is 478 g/mol. The first-order valence-electron chi connectivity index (χ1n) is 15.9. The van der Waals surface area contributed by atoms with Crippen LogP contribution in [0.3, 0.4) is 0 Å². The van der Waals surface area contributed by atoms with Crippen molar-refractivity contribution < 1.29 is 24.5 Å². The third kappa shape index (κ3) is 5.68. The highest BCUT2D eigenvalue weighted by Crippen LogP contribution is 2.68. The average molecular weight is 534 g/mol. The van der Waals surface area contributed by atoms with Crippen molar-refractivity contribution in [2.45, 2.75) is 129 Å². The quantitative estimate of drug-likeness (QED) is 0.270. The molecule has 6 heteroatoms. The highest BCUT2D eigenvalue weighted by molar-refractivity contribution is 5.71. The molecule has 4 aliphatic rings. The number of carbonyl (C=O) groups excluding carboxylic acids is 1. The topological polar surface area (TPSA) is 87.1 Å². The van der Waals surface area contributed by atoms with Crippen LogP contribution in [0.25, 0.3) is 0 Å². The summed E-state index contributed by atoms with van der Waals surface area (Å²) in [5.41, 5.74) is -0.411. The monoisotopic (exact) mass is 533 g/mol. The Balaban J connectivity index is 1.44. The summed E-state index contributed by atoms with van der Waals surface area (Å²) in [4.78, 5) is 26.2. The molecule has 0 aliphatic heterocycles. The standard InChI is InChI=1S/C32H55NO5/c1-5-7-17-33(18-8-6-2)21-24(35)20-32(38-22-34)16-15-30(3)23(19-32)9-10-25-26-11-12-28(29(36)37)31(26,4)14-13-27(25)30/h22-28,35H,5-21H2,1-4H3,(H,36,37)/t23?,24?,25-,26-,27-,28?,30-,31-,32?/m0/s1. The minimum atomic E-state index is -0.594. The highest BCUT2D eigenvalue weighted by atomic mass is 16.5. The number of ether oxygens (including phenoxy) is 1. The van der Waals surface area contributed by atoms with E-state index in [2.05, 4.69) is 32.6 Å². The molecule has 4 saturated carbocycles. The summed E-state index contributed by atoms with van der Waals surface area (Å²) in [5, 5.41) is 21.1. The molecule has 0 aromatic carbocycles.